The van der Waals surface area contributed by atoms with Crippen LogP contribution in [0.5, 0.6) is 0 Å². The molecule has 0 radical (unpaired) electrons. The normalized spacial score (nSPS) is 11.4. The molecule has 10 rings (SSSR count). The minimum atomic E-state index is 0.227. The predicted molar refractivity (Wildman–Crippen MR) is 286 cm³/mol. The molecule has 0 aliphatic carbocycles. The highest BCUT2D eigenvalue weighted by atomic mass is 16.3. The maximum absolute atomic E-state index is 6.69. The van der Waals surface area contributed by atoms with Crippen molar-refractivity contribution in [3.63, 3.8) is 0 Å². The number of anilines is 3. The van der Waals surface area contributed by atoms with Crippen molar-refractivity contribution in [3.05, 3.63) is 222 Å². The molecule has 0 amide bonds. The first-order chi connectivity index (χ1) is 33.5. The van der Waals surface area contributed by atoms with Crippen molar-refractivity contribution < 1.29 is 8.83 Å². The fourth-order valence-electron chi connectivity index (χ4n) is 9.42. The number of hydrogen-bond donors (Lipinski definition) is 0. The molecule has 0 aliphatic rings. The van der Waals surface area contributed by atoms with Gasteiger partial charge in [0.15, 0.2) is 0 Å². The van der Waals surface area contributed by atoms with Crippen LogP contribution in [-0.2, 0) is 0 Å². The maximum Gasteiger partial charge on any atom is 0.134 e. The Labute approximate surface area is 406 Å². The van der Waals surface area contributed by atoms with Crippen molar-refractivity contribution in [2.45, 2.75) is 67.2 Å². The Hall–Kier alpha value is -8.02. The van der Waals surface area contributed by atoms with E-state index in [1.807, 2.05) is 12.4 Å². The topological polar surface area (TPSA) is 55.3 Å². The van der Waals surface area contributed by atoms with Gasteiger partial charge in [-0.15, -0.1) is 0 Å². The Bertz CT molecular complexity index is 3250. The smallest absolute Gasteiger partial charge is 0.134 e. The van der Waals surface area contributed by atoms with Gasteiger partial charge in [-0.3, -0.25) is 9.97 Å². The molecule has 0 unspecified atom stereocenters. The highest BCUT2D eigenvalue weighted by molar-refractivity contribution is 5.94. The van der Waals surface area contributed by atoms with Crippen LogP contribution < -0.4 is 4.90 Å². The van der Waals surface area contributed by atoms with Crippen LogP contribution in [-0.4, -0.2) is 9.97 Å². The van der Waals surface area contributed by atoms with Crippen molar-refractivity contribution in [1.82, 2.24) is 9.97 Å². The first-order valence-electron chi connectivity index (χ1n) is 24.0. The van der Waals surface area contributed by atoms with Crippen molar-refractivity contribution in [2.75, 3.05) is 4.90 Å². The fraction of sp³-hybridized carbons (Fsp3) is 0.156. The number of aromatic nitrogens is 2. The second-order valence-electron chi connectivity index (χ2n) is 18.9. The van der Waals surface area contributed by atoms with Gasteiger partial charge >= 0.3 is 0 Å². The molecule has 6 aromatic carbocycles. The summed E-state index contributed by atoms with van der Waals surface area (Å²) in [5, 5.41) is 0. The predicted octanol–water partition coefficient (Wildman–Crippen LogP) is 18.3. The Morgan fingerprint density at radius 3 is 1.19 bits per heavy atom. The van der Waals surface area contributed by atoms with Crippen LogP contribution in [0.2, 0.25) is 0 Å². The number of rotatable bonds is 12. The van der Waals surface area contributed by atoms with Crippen molar-refractivity contribution in [2.24, 2.45) is 0 Å². The van der Waals surface area contributed by atoms with Crippen LogP contribution in [0.15, 0.2) is 197 Å². The van der Waals surface area contributed by atoms with Gasteiger partial charge in [-0.25, -0.2) is 0 Å². The average Bonchev–Trinajstić information content (AvgIpc) is 4.08. The quantitative estimate of drug-likeness (QED) is 0.122. The van der Waals surface area contributed by atoms with Crippen LogP contribution in [0.25, 0.3) is 78.5 Å². The summed E-state index contributed by atoms with van der Waals surface area (Å²) in [4.78, 5) is 12.7. The first kappa shape index (κ1) is 44.8. The molecule has 69 heavy (non-hydrogen) atoms. The molecule has 0 saturated carbocycles. The van der Waals surface area contributed by atoms with E-state index in [0.717, 1.165) is 124 Å². The Balaban J connectivity index is 1.29. The Morgan fingerprint density at radius 1 is 0.377 bits per heavy atom. The molecule has 4 aromatic heterocycles. The first-order valence-corrected chi connectivity index (χ1v) is 24.0. The molecule has 10 aromatic rings. The lowest BCUT2D eigenvalue weighted by atomic mass is 9.94. The Morgan fingerprint density at radius 2 is 0.783 bits per heavy atom. The van der Waals surface area contributed by atoms with Crippen molar-refractivity contribution in [1.29, 1.82) is 0 Å². The van der Waals surface area contributed by atoms with Gasteiger partial charge in [0.1, 0.15) is 23.0 Å². The summed E-state index contributed by atoms with van der Waals surface area (Å²) in [6, 6.07) is 62.8. The number of aryl methyl sites for hydroxylation is 4. The minimum Gasteiger partial charge on any atom is -0.461 e. The van der Waals surface area contributed by atoms with Gasteiger partial charge in [0.25, 0.3) is 0 Å². The van der Waals surface area contributed by atoms with Gasteiger partial charge in [-0.05, 0) is 151 Å². The molecule has 4 heterocycles. The van der Waals surface area contributed by atoms with E-state index in [9.17, 15) is 0 Å². The third-order valence-electron chi connectivity index (χ3n) is 13.0. The number of hydrogen-bond acceptors (Lipinski definition) is 5. The molecule has 0 saturated heterocycles. The molecule has 0 fully saturated rings. The van der Waals surface area contributed by atoms with Gasteiger partial charge in [-0.2, -0.15) is 0 Å². The summed E-state index contributed by atoms with van der Waals surface area (Å²) in [6.07, 6.45) is 3.98. The molecular formula is C64H57N3O2. The van der Waals surface area contributed by atoms with Gasteiger partial charge in [0.05, 0.1) is 17.1 Å². The van der Waals surface area contributed by atoms with Crippen molar-refractivity contribution >= 4 is 17.1 Å². The Kier molecular flexibility index (Phi) is 12.3. The monoisotopic (exact) mass is 899 g/mol. The lowest BCUT2D eigenvalue weighted by Gasteiger charge is -2.31. The standard InChI is InChI=1S/C64H57N3O2/c1-40(2)60-24-26-62(68-60)51-30-49(58-36-55(44(7)38-65-58)46-18-12-9-13-19-46)32-53(34-51)67(64-43(6)28-42(5)29-57(64)48-22-16-11-17-23-48)54-33-50(31-52(35-54)63-27-25-61(69-63)41(3)4)59-37-56(45(8)39-66-59)47-20-14-10-15-21-47/h9-41H,1-8H3. The van der Waals surface area contributed by atoms with E-state index in [-0.39, 0.29) is 11.8 Å². The molecule has 5 heteroatoms. The summed E-state index contributed by atoms with van der Waals surface area (Å²) >= 11 is 0. The summed E-state index contributed by atoms with van der Waals surface area (Å²) in [5.74, 6) is 3.92. The van der Waals surface area contributed by atoms with Crippen LogP contribution in [0.3, 0.4) is 0 Å². The minimum absolute atomic E-state index is 0.227. The number of nitrogens with zero attached hydrogens (tertiary/aromatic N) is 3. The van der Waals surface area contributed by atoms with E-state index in [1.165, 1.54) is 5.56 Å². The summed E-state index contributed by atoms with van der Waals surface area (Å²) in [7, 11) is 0. The molecule has 0 bridgehead atoms. The molecule has 5 nitrogen and oxygen atoms in total. The van der Waals surface area contributed by atoms with Crippen LogP contribution in [0.1, 0.15) is 73.3 Å². The zero-order chi connectivity index (χ0) is 47.8. The summed E-state index contributed by atoms with van der Waals surface area (Å²) in [6.45, 7) is 17.3. The van der Waals surface area contributed by atoms with Crippen LogP contribution in [0, 0.1) is 27.7 Å². The molecule has 0 atom stereocenters. The zero-order valence-corrected chi connectivity index (χ0v) is 40.7. The largest absolute Gasteiger partial charge is 0.461 e. The van der Waals surface area contributed by atoms with Crippen molar-refractivity contribution in [3.8, 4) is 78.5 Å². The number of benzene rings is 6. The maximum atomic E-state index is 6.69. The second-order valence-corrected chi connectivity index (χ2v) is 18.9. The van der Waals surface area contributed by atoms with Crippen LogP contribution in [0.4, 0.5) is 17.1 Å². The summed E-state index contributed by atoms with van der Waals surface area (Å²) in [5.41, 5.74) is 19.9. The SMILES string of the molecule is Cc1cc(C)c(N(c2cc(-c3cc(-c4ccccc4)c(C)cn3)cc(-c3ccc(C(C)C)o3)c2)c2cc(-c3cc(-c4ccccc4)c(C)cn3)cc(-c3ccc(C(C)C)o3)c2)c(-c2ccccc2)c1. The van der Waals surface area contributed by atoms with Gasteiger partial charge < -0.3 is 13.7 Å². The van der Waals surface area contributed by atoms with Crippen LogP contribution >= 0.6 is 0 Å². The average molecular weight is 900 g/mol. The van der Waals surface area contributed by atoms with E-state index in [4.69, 9.17) is 18.8 Å². The number of pyridine rings is 2. The van der Waals surface area contributed by atoms with Gasteiger partial charge in [0, 0.05) is 63.4 Å². The molecule has 0 aliphatic heterocycles. The van der Waals surface area contributed by atoms with E-state index >= 15 is 0 Å². The zero-order valence-electron chi connectivity index (χ0n) is 40.7. The fourth-order valence-corrected chi connectivity index (χ4v) is 9.42. The summed E-state index contributed by atoms with van der Waals surface area (Å²) < 4.78 is 13.4. The molecule has 0 spiro atoms. The van der Waals surface area contributed by atoms with E-state index in [2.05, 4.69) is 236 Å². The number of furan rings is 2. The molecule has 340 valence electrons. The second kappa shape index (κ2) is 18.9. The highest BCUT2D eigenvalue weighted by Crippen LogP contribution is 2.48. The van der Waals surface area contributed by atoms with E-state index in [1.54, 1.807) is 0 Å². The third-order valence-corrected chi connectivity index (χ3v) is 13.0. The van der Waals surface area contributed by atoms with E-state index in [0.29, 0.717) is 0 Å². The van der Waals surface area contributed by atoms with Gasteiger partial charge in [0.2, 0.25) is 0 Å². The lowest BCUT2D eigenvalue weighted by Crippen LogP contribution is -2.14. The van der Waals surface area contributed by atoms with Gasteiger partial charge in [-0.1, -0.05) is 130 Å². The molecule has 0 N–H and O–H groups in total. The van der Waals surface area contributed by atoms with E-state index < -0.39 is 0 Å². The lowest BCUT2D eigenvalue weighted by molar-refractivity contribution is 0.498. The molecular weight excluding hydrogens is 843 g/mol. The third kappa shape index (κ3) is 9.21. The highest BCUT2D eigenvalue weighted by Gasteiger charge is 2.25.